The maximum atomic E-state index is 11.4. The van der Waals surface area contributed by atoms with Crippen molar-refractivity contribution >= 4 is 5.91 Å². The van der Waals surface area contributed by atoms with E-state index in [9.17, 15) is 4.79 Å². The molecule has 0 spiro atoms. The molecule has 20 heavy (non-hydrogen) atoms. The molecule has 6 heteroatoms. The average Bonchev–Trinajstić information content (AvgIpc) is 2.72. The van der Waals surface area contributed by atoms with Gasteiger partial charge in [0.15, 0.2) is 5.76 Å². The number of nitrogens with zero attached hydrogens (tertiary/aromatic N) is 1. The lowest BCUT2D eigenvalue weighted by atomic mass is 9.99. The molecule has 2 heterocycles. The fourth-order valence-electron chi connectivity index (χ4n) is 2.93. The van der Waals surface area contributed by atoms with Crippen LogP contribution in [-0.2, 0) is 11.3 Å². The summed E-state index contributed by atoms with van der Waals surface area (Å²) in [5, 5.41) is 0. The molecule has 0 saturated carbocycles. The van der Waals surface area contributed by atoms with Crippen LogP contribution in [0.4, 0.5) is 0 Å². The Kier molecular flexibility index (Phi) is 3.90. The fraction of sp³-hybridized carbons (Fsp3) is 0.643. The van der Waals surface area contributed by atoms with Gasteiger partial charge in [-0.3, -0.25) is 15.1 Å². The van der Waals surface area contributed by atoms with E-state index in [1.54, 1.807) is 12.1 Å². The lowest BCUT2D eigenvalue weighted by Gasteiger charge is -2.47. The second kappa shape index (κ2) is 5.20. The molecule has 0 unspecified atom stereocenters. The van der Waals surface area contributed by atoms with Crippen molar-refractivity contribution in [2.75, 3.05) is 13.1 Å². The second-order valence-electron chi connectivity index (χ2n) is 6.51. The standard InChI is InChI=1S/C14H23N3O3/c1-13(2)8-17(9-14(3,4)20-13)7-10-5-6-11(19-10)12(18)16-15/h5-6H,7-9,15H2,1-4H3,(H,16,18). The summed E-state index contributed by atoms with van der Waals surface area (Å²) < 4.78 is 11.5. The van der Waals surface area contributed by atoms with Crippen molar-refractivity contribution in [3.63, 3.8) is 0 Å². The van der Waals surface area contributed by atoms with Crippen LogP contribution in [-0.4, -0.2) is 35.1 Å². The third kappa shape index (κ3) is 3.59. The highest BCUT2D eigenvalue weighted by Crippen LogP contribution is 2.29. The zero-order valence-corrected chi connectivity index (χ0v) is 12.5. The summed E-state index contributed by atoms with van der Waals surface area (Å²) >= 11 is 0. The number of carbonyl (C=O) groups is 1. The van der Waals surface area contributed by atoms with Crippen LogP contribution < -0.4 is 11.3 Å². The topological polar surface area (TPSA) is 80.7 Å². The van der Waals surface area contributed by atoms with Crippen molar-refractivity contribution in [3.8, 4) is 0 Å². The fourth-order valence-corrected chi connectivity index (χ4v) is 2.93. The summed E-state index contributed by atoms with van der Waals surface area (Å²) in [5.74, 6) is 5.64. The number of amides is 1. The van der Waals surface area contributed by atoms with Gasteiger partial charge in [-0.25, -0.2) is 5.84 Å². The monoisotopic (exact) mass is 281 g/mol. The summed E-state index contributed by atoms with van der Waals surface area (Å²) in [6.45, 7) is 10.6. The van der Waals surface area contributed by atoms with Gasteiger partial charge in [0.05, 0.1) is 17.7 Å². The molecule has 3 N–H and O–H groups in total. The van der Waals surface area contributed by atoms with E-state index in [1.807, 2.05) is 0 Å². The maximum absolute atomic E-state index is 11.4. The summed E-state index contributed by atoms with van der Waals surface area (Å²) in [4.78, 5) is 13.6. The van der Waals surface area contributed by atoms with Crippen LogP contribution in [0.5, 0.6) is 0 Å². The smallest absolute Gasteiger partial charge is 0.300 e. The first-order valence-electron chi connectivity index (χ1n) is 6.73. The lowest BCUT2D eigenvalue weighted by Crippen LogP contribution is -2.56. The number of morpholine rings is 1. The minimum atomic E-state index is -0.418. The SMILES string of the molecule is CC1(C)CN(Cc2ccc(C(=O)NN)o2)CC(C)(C)O1. The molecular weight excluding hydrogens is 258 g/mol. The highest BCUT2D eigenvalue weighted by atomic mass is 16.5. The van der Waals surface area contributed by atoms with Gasteiger partial charge < -0.3 is 9.15 Å². The number of nitrogen functional groups attached to an aromatic ring is 1. The van der Waals surface area contributed by atoms with Crippen LogP contribution in [0.15, 0.2) is 16.5 Å². The number of hydrogen-bond acceptors (Lipinski definition) is 5. The minimum Gasteiger partial charge on any atom is -0.455 e. The quantitative estimate of drug-likeness (QED) is 0.495. The largest absolute Gasteiger partial charge is 0.455 e. The van der Waals surface area contributed by atoms with E-state index in [-0.39, 0.29) is 17.0 Å². The summed E-state index contributed by atoms with van der Waals surface area (Å²) in [7, 11) is 0. The number of hydrogen-bond donors (Lipinski definition) is 2. The van der Waals surface area contributed by atoms with Crippen molar-refractivity contribution < 1.29 is 13.9 Å². The molecule has 1 aromatic heterocycles. The minimum absolute atomic E-state index is 0.203. The Morgan fingerprint density at radius 3 is 2.45 bits per heavy atom. The van der Waals surface area contributed by atoms with E-state index in [0.717, 1.165) is 18.8 Å². The predicted octanol–water partition coefficient (Wildman–Crippen LogP) is 1.27. The Morgan fingerprint density at radius 1 is 1.30 bits per heavy atom. The van der Waals surface area contributed by atoms with Crippen molar-refractivity contribution in [2.24, 2.45) is 5.84 Å². The van der Waals surface area contributed by atoms with Crippen LogP contribution in [0, 0.1) is 0 Å². The third-order valence-electron chi connectivity index (χ3n) is 3.16. The Hall–Kier alpha value is -1.37. The summed E-state index contributed by atoms with van der Waals surface area (Å²) in [5.41, 5.74) is 1.65. The number of furan rings is 1. The molecule has 2 rings (SSSR count). The van der Waals surface area contributed by atoms with E-state index >= 15 is 0 Å². The number of nitrogens with two attached hydrogens (primary N) is 1. The van der Waals surface area contributed by atoms with Crippen molar-refractivity contribution in [2.45, 2.75) is 45.4 Å². The van der Waals surface area contributed by atoms with E-state index < -0.39 is 5.91 Å². The Bertz CT molecular complexity index is 478. The van der Waals surface area contributed by atoms with E-state index in [2.05, 4.69) is 38.0 Å². The van der Waals surface area contributed by atoms with Crippen molar-refractivity contribution in [3.05, 3.63) is 23.7 Å². The molecule has 6 nitrogen and oxygen atoms in total. The van der Waals surface area contributed by atoms with E-state index in [1.165, 1.54) is 0 Å². The molecule has 0 atom stereocenters. The molecule has 1 aromatic rings. The summed E-state index contributed by atoms with van der Waals surface area (Å²) in [6.07, 6.45) is 0. The Balaban J connectivity index is 2.06. The molecule has 0 radical (unpaired) electrons. The highest BCUT2D eigenvalue weighted by molar-refractivity contribution is 5.90. The highest BCUT2D eigenvalue weighted by Gasteiger charge is 2.38. The normalized spacial score (nSPS) is 21.6. The molecule has 1 fully saturated rings. The number of carbonyl (C=O) groups excluding carboxylic acids is 1. The lowest BCUT2D eigenvalue weighted by molar-refractivity contribution is -0.182. The molecular formula is C14H23N3O3. The van der Waals surface area contributed by atoms with Crippen LogP contribution in [0.2, 0.25) is 0 Å². The van der Waals surface area contributed by atoms with Gasteiger partial charge >= 0.3 is 5.91 Å². The first kappa shape index (κ1) is 15.0. The van der Waals surface area contributed by atoms with Gasteiger partial charge in [-0.1, -0.05) is 0 Å². The van der Waals surface area contributed by atoms with Gasteiger partial charge in [0.2, 0.25) is 0 Å². The molecule has 1 amide bonds. The van der Waals surface area contributed by atoms with Crippen molar-refractivity contribution in [1.29, 1.82) is 0 Å². The van der Waals surface area contributed by atoms with E-state index in [0.29, 0.717) is 6.54 Å². The predicted molar refractivity (Wildman–Crippen MR) is 74.9 cm³/mol. The zero-order chi connectivity index (χ0) is 15.0. The van der Waals surface area contributed by atoms with Gasteiger partial charge in [0.25, 0.3) is 0 Å². The van der Waals surface area contributed by atoms with Crippen molar-refractivity contribution in [1.82, 2.24) is 10.3 Å². The number of rotatable bonds is 3. The molecule has 0 bridgehead atoms. The van der Waals surface area contributed by atoms with Gasteiger partial charge in [-0.15, -0.1) is 0 Å². The first-order chi connectivity index (χ1) is 9.21. The number of hydrazine groups is 1. The summed E-state index contributed by atoms with van der Waals surface area (Å²) in [6, 6.07) is 3.44. The van der Waals surface area contributed by atoms with Gasteiger partial charge in [-0.2, -0.15) is 0 Å². The van der Waals surface area contributed by atoms with E-state index in [4.69, 9.17) is 15.0 Å². The Morgan fingerprint density at radius 2 is 1.90 bits per heavy atom. The van der Waals surface area contributed by atoms with Gasteiger partial charge in [-0.05, 0) is 39.8 Å². The van der Waals surface area contributed by atoms with Gasteiger partial charge in [0.1, 0.15) is 5.76 Å². The molecule has 0 aromatic carbocycles. The number of nitrogens with one attached hydrogen (secondary N) is 1. The average molecular weight is 281 g/mol. The van der Waals surface area contributed by atoms with Crippen LogP contribution >= 0.6 is 0 Å². The molecule has 1 aliphatic heterocycles. The van der Waals surface area contributed by atoms with Crippen LogP contribution in [0.3, 0.4) is 0 Å². The maximum Gasteiger partial charge on any atom is 0.300 e. The first-order valence-corrected chi connectivity index (χ1v) is 6.73. The molecule has 1 aliphatic rings. The van der Waals surface area contributed by atoms with Crippen LogP contribution in [0.25, 0.3) is 0 Å². The zero-order valence-electron chi connectivity index (χ0n) is 12.5. The number of ether oxygens (including phenoxy) is 1. The Labute approximate surface area is 119 Å². The second-order valence-corrected chi connectivity index (χ2v) is 6.51. The molecule has 1 saturated heterocycles. The molecule has 112 valence electrons. The van der Waals surface area contributed by atoms with Gasteiger partial charge in [0, 0.05) is 13.1 Å². The van der Waals surface area contributed by atoms with Crippen LogP contribution in [0.1, 0.15) is 44.0 Å². The third-order valence-corrected chi connectivity index (χ3v) is 3.16. The molecule has 0 aliphatic carbocycles.